The van der Waals surface area contributed by atoms with E-state index in [2.05, 4.69) is 33.7 Å². The smallest absolute Gasteiger partial charge is 0.338 e. The van der Waals surface area contributed by atoms with Gasteiger partial charge in [-0.05, 0) is 109 Å². The number of rotatable bonds is 11. The lowest BCUT2D eigenvalue weighted by molar-refractivity contribution is -0.139. The van der Waals surface area contributed by atoms with E-state index >= 15 is 0 Å². The second kappa shape index (κ2) is 14.8. The molecule has 0 saturated heterocycles. The molecule has 1 aliphatic heterocycles. The standard InChI is InChI=1S/C35H32IN3O6S/c1-5-42-26-14-12-25(13-15-26)31-30(34(41)44-7-3)21(4)38-35-39(31)33(40)29(46-35)18-24-16-27(36)32(28(17-24)43-6-2)45-20-23-10-8-22(19-37)9-11-23/h8-18,31H,5-7,20H2,1-4H3/b29-18-/t31-/m0/s1. The van der Waals surface area contributed by atoms with Gasteiger partial charge in [0.05, 0.1) is 56.9 Å². The van der Waals surface area contributed by atoms with Gasteiger partial charge in [-0.1, -0.05) is 35.6 Å². The van der Waals surface area contributed by atoms with E-state index in [-0.39, 0.29) is 12.2 Å². The molecule has 0 fully saturated rings. The molecule has 2 heterocycles. The lowest BCUT2D eigenvalue weighted by Crippen LogP contribution is -2.39. The maximum absolute atomic E-state index is 14.1. The van der Waals surface area contributed by atoms with Gasteiger partial charge in [0.15, 0.2) is 16.3 Å². The minimum atomic E-state index is -0.717. The van der Waals surface area contributed by atoms with Crippen LogP contribution in [-0.4, -0.2) is 30.4 Å². The lowest BCUT2D eigenvalue weighted by Gasteiger charge is -2.24. The molecule has 1 aliphatic rings. The van der Waals surface area contributed by atoms with Crippen molar-refractivity contribution in [1.82, 2.24) is 4.57 Å². The van der Waals surface area contributed by atoms with Gasteiger partial charge in [0, 0.05) is 0 Å². The Labute approximate surface area is 284 Å². The second-order valence-corrected chi connectivity index (χ2v) is 12.3. The fourth-order valence-corrected chi connectivity index (χ4v) is 6.90. The van der Waals surface area contributed by atoms with Crippen LogP contribution in [0.5, 0.6) is 17.2 Å². The number of ether oxygens (including phenoxy) is 4. The minimum absolute atomic E-state index is 0.198. The third kappa shape index (κ3) is 7.03. The number of allylic oxidation sites excluding steroid dienone is 1. The van der Waals surface area contributed by atoms with E-state index in [4.69, 9.17) is 24.2 Å². The fourth-order valence-electron chi connectivity index (χ4n) is 5.08. The Balaban J connectivity index is 1.56. The number of nitrogens with zero attached hydrogens (tertiary/aromatic N) is 3. The van der Waals surface area contributed by atoms with Crippen molar-refractivity contribution in [2.75, 3.05) is 19.8 Å². The molecule has 0 radical (unpaired) electrons. The van der Waals surface area contributed by atoms with E-state index in [1.54, 1.807) is 36.6 Å². The first-order valence-corrected chi connectivity index (χ1v) is 16.7. The summed E-state index contributed by atoms with van der Waals surface area (Å²) >= 11 is 3.46. The summed E-state index contributed by atoms with van der Waals surface area (Å²) in [5.41, 5.74) is 3.55. The molecule has 9 nitrogen and oxygen atoms in total. The normalized spacial score (nSPS) is 14.3. The Kier molecular flexibility index (Phi) is 10.6. The molecule has 0 bridgehead atoms. The largest absolute Gasteiger partial charge is 0.494 e. The topological polar surface area (TPSA) is 112 Å². The van der Waals surface area contributed by atoms with Crippen LogP contribution >= 0.6 is 33.9 Å². The van der Waals surface area contributed by atoms with Crippen molar-refractivity contribution in [1.29, 1.82) is 5.26 Å². The van der Waals surface area contributed by atoms with Gasteiger partial charge in [0.1, 0.15) is 12.4 Å². The molecule has 1 aromatic heterocycles. The van der Waals surface area contributed by atoms with Crippen LogP contribution in [0.2, 0.25) is 0 Å². The second-order valence-electron chi connectivity index (χ2n) is 10.2. The van der Waals surface area contributed by atoms with Gasteiger partial charge in [0.25, 0.3) is 5.56 Å². The highest BCUT2D eigenvalue weighted by molar-refractivity contribution is 14.1. The number of carbonyl (C=O) groups excluding carboxylic acids is 1. The lowest BCUT2D eigenvalue weighted by atomic mass is 9.96. The molecule has 4 aromatic rings. The minimum Gasteiger partial charge on any atom is -0.494 e. The molecular weight excluding hydrogens is 717 g/mol. The van der Waals surface area contributed by atoms with Crippen LogP contribution in [0.1, 0.15) is 56.0 Å². The van der Waals surface area contributed by atoms with Crippen LogP contribution in [0.15, 0.2) is 81.7 Å². The van der Waals surface area contributed by atoms with Crippen molar-refractivity contribution in [3.05, 3.63) is 117 Å². The Hall–Kier alpha value is -4.41. The van der Waals surface area contributed by atoms with E-state index in [1.807, 2.05) is 62.4 Å². The van der Waals surface area contributed by atoms with Gasteiger partial charge in [-0.15, -0.1) is 0 Å². The van der Waals surface area contributed by atoms with E-state index in [0.29, 0.717) is 63.2 Å². The number of esters is 1. The average Bonchev–Trinajstić information content (AvgIpc) is 3.34. The number of fused-ring (bicyclic) bond motifs is 1. The van der Waals surface area contributed by atoms with Gasteiger partial charge in [0.2, 0.25) is 0 Å². The third-order valence-electron chi connectivity index (χ3n) is 7.12. The Morgan fingerprint density at radius 2 is 1.74 bits per heavy atom. The van der Waals surface area contributed by atoms with Crippen LogP contribution in [0, 0.1) is 14.9 Å². The number of hydrogen-bond acceptors (Lipinski definition) is 9. The van der Waals surface area contributed by atoms with E-state index in [0.717, 1.165) is 20.3 Å². The summed E-state index contributed by atoms with van der Waals surface area (Å²) in [6, 6.07) is 19.8. The average molecular weight is 750 g/mol. The number of halogens is 1. The molecule has 46 heavy (non-hydrogen) atoms. The summed E-state index contributed by atoms with van der Waals surface area (Å²) < 4.78 is 26.0. The molecule has 0 spiro atoms. The number of benzene rings is 3. The monoisotopic (exact) mass is 749 g/mol. The zero-order valence-corrected chi connectivity index (χ0v) is 28.8. The van der Waals surface area contributed by atoms with Gasteiger partial charge in [-0.3, -0.25) is 9.36 Å². The molecule has 236 valence electrons. The zero-order chi connectivity index (χ0) is 32.8. The van der Waals surface area contributed by atoms with Crippen LogP contribution in [0.4, 0.5) is 0 Å². The van der Waals surface area contributed by atoms with E-state index < -0.39 is 12.0 Å². The predicted molar refractivity (Wildman–Crippen MR) is 184 cm³/mol. The van der Waals surface area contributed by atoms with Crippen LogP contribution in [0.3, 0.4) is 0 Å². The Bertz CT molecular complexity index is 2010. The van der Waals surface area contributed by atoms with E-state index in [1.165, 1.54) is 11.3 Å². The van der Waals surface area contributed by atoms with Gasteiger partial charge >= 0.3 is 5.97 Å². The highest BCUT2D eigenvalue weighted by Gasteiger charge is 2.33. The van der Waals surface area contributed by atoms with Crippen molar-refractivity contribution in [3.8, 4) is 23.3 Å². The molecule has 1 atom stereocenters. The van der Waals surface area contributed by atoms with Crippen molar-refractivity contribution in [2.24, 2.45) is 4.99 Å². The fraction of sp³-hybridized carbons (Fsp3) is 0.257. The summed E-state index contributed by atoms with van der Waals surface area (Å²) in [6.07, 6.45) is 1.80. The van der Waals surface area contributed by atoms with Crippen LogP contribution in [0.25, 0.3) is 6.08 Å². The number of hydrogen-bond donors (Lipinski definition) is 0. The summed E-state index contributed by atoms with van der Waals surface area (Å²) in [5.74, 6) is 1.33. The first-order chi connectivity index (χ1) is 22.3. The Morgan fingerprint density at radius 1 is 1.02 bits per heavy atom. The quantitative estimate of drug-likeness (QED) is 0.144. The molecule has 5 rings (SSSR count). The maximum atomic E-state index is 14.1. The summed E-state index contributed by atoms with van der Waals surface area (Å²) in [4.78, 5) is 32.4. The molecule has 3 aromatic carbocycles. The van der Waals surface area contributed by atoms with Crippen molar-refractivity contribution < 1.29 is 23.7 Å². The molecule has 0 saturated carbocycles. The number of aromatic nitrogens is 1. The molecule has 0 N–H and O–H groups in total. The number of carbonyl (C=O) groups is 1. The van der Waals surface area contributed by atoms with Crippen molar-refractivity contribution in [3.63, 3.8) is 0 Å². The summed E-state index contributed by atoms with van der Waals surface area (Å²) in [7, 11) is 0. The zero-order valence-electron chi connectivity index (χ0n) is 25.8. The van der Waals surface area contributed by atoms with Crippen LogP contribution < -0.4 is 29.1 Å². The maximum Gasteiger partial charge on any atom is 0.338 e. The van der Waals surface area contributed by atoms with Gasteiger partial charge < -0.3 is 18.9 Å². The highest BCUT2D eigenvalue weighted by atomic mass is 127. The Morgan fingerprint density at radius 3 is 2.39 bits per heavy atom. The predicted octanol–water partition coefficient (Wildman–Crippen LogP) is 5.65. The van der Waals surface area contributed by atoms with Gasteiger partial charge in [-0.2, -0.15) is 5.26 Å². The third-order valence-corrected chi connectivity index (χ3v) is 8.90. The van der Waals surface area contributed by atoms with E-state index in [9.17, 15) is 9.59 Å². The summed E-state index contributed by atoms with van der Waals surface area (Å²) in [5, 5.41) is 9.07. The molecule has 0 aliphatic carbocycles. The van der Waals surface area contributed by atoms with Crippen LogP contribution in [-0.2, 0) is 16.1 Å². The molecular formula is C35H32IN3O6S. The van der Waals surface area contributed by atoms with Crippen molar-refractivity contribution in [2.45, 2.75) is 40.3 Å². The molecule has 11 heteroatoms. The SMILES string of the molecule is CCOC(=O)C1=C(C)N=c2s/c(=C\c3cc(I)c(OCc4ccc(C#N)cc4)c(OCC)c3)c(=O)n2[C@H]1c1ccc(OCC)cc1. The van der Waals surface area contributed by atoms with Crippen molar-refractivity contribution >= 4 is 46.0 Å². The highest BCUT2D eigenvalue weighted by Crippen LogP contribution is 2.35. The summed E-state index contributed by atoms with van der Waals surface area (Å²) in [6.45, 7) is 8.76. The first-order valence-electron chi connectivity index (χ1n) is 14.8. The molecule has 0 amide bonds. The first kappa shape index (κ1) is 33.0. The van der Waals surface area contributed by atoms with Gasteiger partial charge in [-0.25, -0.2) is 9.79 Å². The molecule has 0 unspecified atom stereocenters. The number of thiazole rings is 1. The number of nitriles is 1.